The Morgan fingerprint density at radius 2 is 2.16 bits per heavy atom. The van der Waals surface area contributed by atoms with E-state index in [1.165, 1.54) is 32.5 Å². The Balaban J connectivity index is 2.02. The Morgan fingerprint density at radius 1 is 1.32 bits per heavy atom. The fraction of sp³-hybridized carbons (Fsp3) is 1.00. The van der Waals surface area contributed by atoms with Crippen molar-refractivity contribution in [3.05, 3.63) is 0 Å². The summed E-state index contributed by atoms with van der Waals surface area (Å²) in [6.45, 7) is 11.6. The number of nitrogens with zero attached hydrogens (tertiary/aromatic N) is 1. The van der Waals surface area contributed by atoms with E-state index >= 15 is 0 Å². The molecule has 2 unspecified atom stereocenters. The first-order valence-electron chi connectivity index (χ1n) is 7.80. The van der Waals surface area contributed by atoms with Gasteiger partial charge in [-0.3, -0.25) is 0 Å². The second-order valence-electron chi connectivity index (χ2n) is 5.50. The Kier molecular flexibility index (Phi) is 9.43. The standard InChI is InChI=1S/C15H32N2O2/c1-4-17-9-5-7-15(13-17)14(2)16-8-6-10-19-12-11-18-3/h14-16H,4-13H2,1-3H3. The molecule has 2 atom stereocenters. The zero-order chi connectivity index (χ0) is 13.9. The first-order chi connectivity index (χ1) is 9.27. The third kappa shape index (κ3) is 7.25. The zero-order valence-electron chi connectivity index (χ0n) is 13.0. The van der Waals surface area contributed by atoms with E-state index in [-0.39, 0.29) is 0 Å². The Morgan fingerprint density at radius 3 is 2.89 bits per heavy atom. The maximum atomic E-state index is 5.46. The summed E-state index contributed by atoms with van der Waals surface area (Å²) in [5.41, 5.74) is 0. The van der Waals surface area contributed by atoms with Crippen LogP contribution in [-0.4, -0.2) is 64.1 Å². The Hall–Kier alpha value is -0.160. The molecule has 0 bridgehead atoms. The Labute approximate surface area is 118 Å². The summed E-state index contributed by atoms with van der Waals surface area (Å²) < 4.78 is 10.4. The van der Waals surface area contributed by atoms with Gasteiger partial charge in [0.05, 0.1) is 13.2 Å². The molecule has 1 saturated heterocycles. The summed E-state index contributed by atoms with van der Waals surface area (Å²) in [7, 11) is 1.70. The highest BCUT2D eigenvalue weighted by Gasteiger charge is 2.23. The van der Waals surface area contributed by atoms with Crippen LogP contribution >= 0.6 is 0 Å². The molecular weight excluding hydrogens is 240 g/mol. The van der Waals surface area contributed by atoms with E-state index < -0.39 is 0 Å². The molecule has 4 heteroatoms. The summed E-state index contributed by atoms with van der Waals surface area (Å²) in [5, 5.41) is 3.65. The van der Waals surface area contributed by atoms with Gasteiger partial charge in [-0.1, -0.05) is 6.92 Å². The number of nitrogens with one attached hydrogen (secondary N) is 1. The number of piperidine rings is 1. The first kappa shape index (κ1) is 16.9. The van der Waals surface area contributed by atoms with Gasteiger partial charge < -0.3 is 19.7 Å². The average molecular weight is 272 g/mol. The minimum atomic E-state index is 0.619. The smallest absolute Gasteiger partial charge is 0.0700 e. The molecular formula is C15H32N2O2. The van der Waals surface area contributed by atoms with Crippen molar-refractivity contribution in [1.29, 1.82) is 0 Å². The van der Waals surface area contributed by atoms with Crippen LogP contribution in [0.25, 0.3) is 0 Å². The van der Waals surface area contributed by atoms with Crippen molar-refractivity contribution in [3.63, 3.8) is 0 Å². The monoisotopic (exact) mass is 272 g/mol. The van der Waals surface area contributed by atoms with E-state index in [4.69, 9.17) is 9.47 Å². The lowest BCUT2D eigenvalue weighted by Crippen LogP contribution is -2.44. The van der Waals surface area contributed by atoms with Crippen molar-refractivity contribution in [3.8, 4) is 0 Å². The third-order valence-corrected chi connectivity index (χ3v) is 4.06. The largest absolute Gasteiger partial charge is 0.382 e. The van der Waals surface area contributed by atoms with E-state index in [1.807, 2.05) is 0 Å². The van der Waals surface area contributed by atoms with Gasteiger partial charge in [0, 0.05) is 26.3 Å². The van der Waals surface area contributed by atoms with Crippen molar-refractivity contribution >= 4 is 0 Å². The number of hydrogen-bond acceptors (Lipinski definition) is 4. The van der Waals surface area contributed by atoms with E-state index in [0.717, 1.165) is 25.5 Å². The van der Waals surface area contributed by atoms with Crippen LogP contribution < -0.4 is 5.32 Å². The molecule has 0 spiro atoms. The molecule has 0 saturated carbocycles. The first-order valence-corrected chi connectivity index (χ1v) is 7.80. The molecule has 1 rings (SSSR count). The normalized spacial score (nSPS) is 22.6. The van der Waals surface area contributed by atoms with Crippen molar-refractivity contribution in [2.75, 3.05) is 53.1 Å². The van der Waals surface area contributed by atoms with Gasteiger partial charge >= 0.3 is 0 Å². The van der Waals surface area contributed by atoms with Crippen LogP contribution in [0.15, 0.2) is 0 Å². The SMILES string of the molecule is CCN1CCCC(C(C)NCCCOCCOC)C1. The maximum absolute atomic E-state index is 5.46. The molecule has 4 nitrogen and oxygen atoms in total. The van der Waals surface area contributed by atoms with Crippen molar-refractivity contribution in [2.45, 2.75) is 39.2 Å². The number of ether oxygens (including phenoxy) is 2. The van der Waals surface area contributed by atoms with Crippen LogP contribution in [0, 0.1) is 5.92 Å². The van der Waals surface area contributed by atoms with Crippen LogP contribution in [0.4, 0.5) is 0 Å². The van der Waals surface area contributed by atoms with Gasteiger partial charge in [0.15, 0.2) is 0 Å². The van der Waals surface area contributed by atoms with Gasteiger partial charge in [-0.2, -0.15) is 0 Å². The highest BCUT2D eigenvalue weighted by molar-refractivity contribution is 4.79. The molecule has 1 N–H and O–H groups in total. The highest BCUT2D eigenvalue weighted by atomic mass is 16.5. The maximum Gasteiger partial charge on any atom is 0.0700 e. The summed E-state index contributed by atoms with van der Waals surface area (Å²) >= 11 is 0. The van der Waals surface area contributed by atoms with E-state index in [2.05, 4.69) is 24.1 Å². The van der Waals surface area contributed by atoms with Crippen LogP contribution in [0.5, 0.6) is 0 Å². The van der Waals surface area contributed by atoms with Crippen LogP contribution in [-0.2, 0) is 9.47 Å². The Bertz CT molecular complexity index is 214. The van der Waals surface area contributed by atoms with Gasteiger partial charge in [-0.05, 0) is 51.7 Å². The van der Waals surface area contributed by atoms with Crippen molar-refractivity contribution in [2.24, 2.45) is 5.92 Å². The molecule has 114 valence electrons. The molecule has 1 fully saturated rings. The molecule has 0 aromatic rings. The molecule has 1 aliphatic heterocycles. The van der Waals surface area contributed by atoms with Gasteiger partial charge in [0.2, 0.25) is 0 Å². The molecule has 0 radical (unpaired) electrons. The molecule has 0 aromatic carbocycles. The van der Waals surface area contributed by atoms with Crippen LogP contribution in [0.2, 0.25) is 0 Å². The minimum absolute atomic E-state index is 0.619. The number of hydrogen-bond donors (Lipinski definition) is 1. The number of methoxy groups -OCH3 is 1. The van der Waals surface area contributed by atoms with E-state index in [9.17, 15) is 0 Å². The second-order valence-corrected chi connectivity index (χ2v) is 5.50. The molecule has 0 aliphatic carbocycles. The fourth-order valence-electron chi connectivity index (χ4n) is 2.70. The highest BCUT2D eigenvalue weighted by Crippen LogP contribution is 2.19. The quantitative estimate of drug-likeness (QED) is 0.614. The van der Waals surface area contributed by atoms with Crippen molar-refractivity contribution in [1.82, 2.24) is 10.2 Å². The molecule has 0 amide bonds. The number of rotatable bonds is 10. The van der Waals surface area contributed by atoms with Gasteiger partial charge in [0.25, 0.3) is 0 Å². The molecule has 0 aromatic heterocycles. The summed E-state index contributed by atoms with van der Waals surface area (Å²) in [4.78, 5) is 2.57. The van der Waals surface area contributed by atoms with Crippen molar-refractivity contribution < 1.29 is 9.47 Å². The molecule has 19 heavy (non-hydrogen) atoms. The lowest BCUT2D eigenvalue weighted by atomic mass is 9.91. The predicted molar refractivity (Wildman–Crippen MR) is 79.6 cm³/mol. The van der Waals surface area contributed by atoms with Gasteiger partial charge in [-0.25, -0.2) is 0 Å². The summed E-state index contributed by atoms with van der Waals surface area (Å²) in [6, 6.07) is 0.619. The van der Waals surface area contributed by atoms with Gasteiger partial charge in [-0.15, -0.1) is 0 Å². The predicted octanol–water partition coefficient (Wildman–Crippen LogP) is 1.75. The lowest BCUT2D eigenvalue weighted by Gasteiger charge is -2.35. The second kappa shape index (κ2) is 10.6. The summed E-state index contributed by atoms with van der Waals surface area (Å²) in [5.74, 6) is 0.808. The van der Waals surface area contributed by atoms with Gasteiger partial charge in [0.1, 0.15) is 0 Å². The third-order valence-electron chi connectivity index (χ3n) is 4.06. The van der Waals surface area contributed by atoms with Crippen LogP contribution in [0.1, 0.15) is 33.1 Å². The van der Waals surface area contributed by atoms with Crippen LogP contribution in [0.3, 0.4) is 0 Å². The zero-order valence-corrected chi connectivity index (χ0v) is 13.0. The lowest BCUT2D eigenvalue weighted by molar-refractivity contribution is 0.0687. The van der Waals surface area contributed by atoms with E-state index in [0.29, 0.717) is 19.3 Å². The average Bonchev–Trinajstić information content (AvgIpc) is 2.46. The summed E-state index contributed by atoms with van der Waals surface area (Å²) in [6.07, 6.45) is 3.80. The minimum Gasteiger partial charge on any atom is -0.382 e. The molecule has 1 heterocycles. The number of likely N-dealkylation sites (tertiary alicyclic amines) is 1. The van der Waals surface area contributed by atoms with E-state index in [1.54, 1.807) is 7.11 Å². The molecule has 1 aliphatic rings. The fourth-order valence-corrected chi connectivity index (χ4v) is 2.70. The topological polar surface area (TPSA) is 33.7 Å².